The molecule has 1 saturated heterocycles. The van der Waals surface area contributed by atoms with Gasteiger partial charge in [-0.15, -0.1) is 10.2 Å². The smallest absolute Gasteiger partial charge is 0.404 e. The van der Waals surface area contributed by atoms with E-state index in [1.54, 1.807) is 6.33 Å². The molecule has 2 N–H and O–H groups in total. The maximum Gasteiger partial charge on any atom is 0.404 e. The van der Waals surface area contributed by atoms with Gasteiger partial charge in [-0.25, -0.2) is 4.79 Å². The molecule has 0 bridgehead atoms. The molecule has 0 saturated carbocycles. The van der Waals surface area contributed by atoms with Crippen LogP contribution in [-0.2, 0) is 7.05 Å². The molecule has 2 rings (SSSR count). The zero-order valence-corrected chi connectivity index (χ0v) is 9.13. The lowest BCUT2D eigenvalue weighted by Crippen LogP contribution is -2.48. The molecule has 1 amide bonds. The summed E-state index contributed by atoms with van der Waals surface area (Å²) >= 11 is 0. The molecule has 7 nitrogen and oxygen atoms in total. The molecular weight excluding hydrogens is 210 g/mol. The third kappa shape index (κ3) is 2.23. The number of amides is 1. The van der Waals surface area contributed by atoms with Crippen molar-refractivity contribution in [2.75, 3.05) is 18.0 Å². The van der Waals surface area contributed by atoms with Crippen molar-refractivity contribution in [3.63, 3.8) is 0 Å². The molecule has 1 aromatic heterocycles. The van der Waals surface area contributed by atoms with Gasteiger partial charge in [-0.1, -0.05) is 0 Å². The van der Waals surface area contributed by atoms with Gasteiger partial charge in [0.05, 0.1) is 0 Å². The average Bonchev–Trinajstić information content (AvgIpc) is 2.64. The van der Waals surface area contributed by atoms with Crippen molar-refractivity contribution in [3.8, 4) is 0 Å². The number of anilines is 1. The van der Waals surface area contributed by atoms with Crippen LogP contribution < -0.4 is 10.2 Å². The Morgan fingerprint density at radius 3 is 3.12 bits per heavy atom. The first-order chi connectivity index (χ1) is 7.66. The van der Waals surface area contributed by atoms with Crippen molar-refractivity contribution in [2.45, 2.75) is 18.9 Å². The first kappa shape index (κ1) is 10.7. The number of carbonyl (C=O) groups is 1. The van der Waals surface area contributed by atoms with Crippen LogP contribution in [0.1, 0.15) is 12.8 Å². The van der Waals surface area contributed by atoms with Gasteiger partial charge in [0, 0.05) is 26.2 Å². The minimum Gasteiger partial charge on any atom is -0.465 e. The second-order valence-corrected chi connectivity index (χ2v) is 3.98. The number of nitrogens with one attached hydrogen (secondary N) is 1. The van der Waals surface area contributed by atoms with E-state index in [1.807, 2.05) is 11.6 Å². The van der Waals surface area contributed by atoms with Crippen molar-refractivity contribution in [2.24, 2.45) is 7.05 Å². The Kier molecular flexibility index (Phi) is 2.93. The lowest BCUT2D eigenvalue weighted by Gasteiger charge is -2.32. The molecule has 0 radical (unpaired) electrons. The molecule has 1 unspecified atom stereocenters. The molecule has 0 aliphatic carbocycles. The van der Waals surface area contributed by atoms with Crippen molar-refractivity contribution >= 4 is 12.0 Å². The molecule has 2 heterocycles. The lowest BCUT2D eigenvalue weighted by molar-refractivity contribution is 0.188. The fourth-order valence-electron chi connectivity index (χ4n) is 2.01. The molecule has 88 valence electrons. The number of hydrogen-bond donors (Lipinski definition) is 2. The van der Waals surface area contributed by atoms with Crippen LogP contribution in [0.5, 0.6) is 0 Å². The van der Waals surface area contributed by atoms with Crippen LogP contribution in [0.2, 0.25) is 0 Å². The molecule has 7 heteroatoms. The van der Waals surface area contributed by atoms with Crippen LogP contribution in [0, 0.1) is 0 Å². The molecule has 0 spiro atoms. The minimum atomic E-state index is -0.968. The fourth-order valence-corrected chi connectivity index (χ4v) is 2.01. The number of nitrogens with zero attached hydrogens (tertiary/aromatic N) is 4. The third-order valence-corrected chi connectivity index (χ3v) is 2.72. The molecule has 0 aromatic carbocycles. The molecule has 1 fully saturated rings. The van der Waals surface area contributed by atoms with Crippen LogP contribution in [0.15, 0.2) is 6.33 Å². The minimum absolute atomic E-state index is 0.0250. The summed E-state index contributed by atoms with van der Waals surface area (Å²) in [7, 11) is 1.88. The standard InChI is InChI=1S/C9H15N5O2/c1-13-6-10-12-8(13)14-4-2-3-7(5-14)11-9(15)16/h6-7,11H,2-5H2,1H3,(H,15,16). The van der Waals surface area contributed by atoms with Gasteiger partial charge in [0.15, 0.2) is 0 Å². The third-order valence-electron chi connectivity index (χ3n) is 2.72. The van der Waals surface area contributed by atoms with Gasteiger partial charge in [-0.3, -0.25) is 0 Å². The Morgan fingerprint density at radius 1 is 1.69 bits per heavy atom. The van der Waals surface area contributed by atoms with E-state index < -0.39 is 6.09 Å². The number of aromatic nitrogens is 3. The maximum atomic E-state index is 10.6. The quantitative estimate of drug-likeness (QED) is 0.743. The molecular formula is C9H15N5O2. The van der Waals surface area contributed by atoms with Crippen LogP contribution >= 0.6 is 0 Å². The van der Waals surface area contributed by atoms with Crippen LogP contribution in [0.25, 0.3) is 0 Å². The van der Waals surface area contributed by atoms with Gasteiger partial charge < -0.3 is 19.9 Å². The van der Waals surface area contributed by atoms with Gasteiger partial charge in [0.25, 0.3) is 0 Å². The second kappa shape index (κ2) is 4.38. The van der Waals surface area contributed by atoms with E-state index in [2.05, 4.69) is 20.4 Å². The normalized spacial score (nSPS) is 20.8. The summed E-state index contributed by atoms with van der Waals surface area (Å²) in [6, 6.07) is -0.0250. The largest absolute Gasteiger partial charge is 0.465 e. The van der Waals surface area contributed by atoms with E-state index in [0.717, 1.165) is 25.3 Å². The summed E-state index contributed by atoms with van der Waals surface area (Å²) in [4.78, 5) is 12.6. The second-order valence-electron chi connectivity index (χ2n) is 3.98. The van der Waals surface area contributed by atoms with Gasteiger partial charge in [0.2, 0.25) is 5.95 Å². The van der Waals surface area contributed by atoms with Gasteiger partial charge >= 0.3 is 6.09 Å². The lowest BCUT2D eigenvalue weighted by atomic mass is 10.1. The van der Waals surface area contributed by atoms with Crippen molar-refractivity contribution in [1.29, 1.82) is 0 Å². The summed E-state index contributed by atoms with van der Waals surface area (Å²) in [5.74, 6) is 0.789. The maximum absolute atomic E-state index is 10.6. The first-order valence-electron chi connectivity index (χ1n) is 5.25. The van der Waals surface area contributed by atoms with E-state index in [0.29, 0.717) is 6.54 Å². The number of hydrogen-bond acceptors (Lipinski definition) is 4. The SMILES string of the molecule is Cn1cnnc1N1CCCC(NC(=O)O)C1. The van der Waals surface area contributed by atoms with Crippen LogP contribution in [0.4, 0.5) is 10.7 Å². The summed E-state index contributed by atoms with van der Waals surface area (Å²) in [5, 5.41) is 19.0. The zero-order chi connectivity index (χ0) is 11.5. The summed E-state index contributed by atoms with van der Waals surface area (Å²) in [5.41, 5.74) is 0. The van der Waals surface area contributed by atoms with Gasteiger partial charge in [-0.05, 0) is 12.8 Å². The molecule has 1 aliphatic heterocycles. The van der Waals surface area contributed by atoms with Gasteiger partial charge in [0.1, 0.15) is 6.33 Å². The van der Waals surface area contributed by atoms with Crippen molar-refractivity contribution in [3.05, 3.63) is 6.33 Å². The number of piperidine rings is 1. The Morgan fingerprint density at radius 2 is 2.50 bits per heavy atom. The molecule has 1 atom stereocenters. The van der Waals surface area contributed by atoms with Crippen LogP contribution in [-0.4, -0.2) is 45.1 Å². The van der Waals surface area contributed by atoms with E-state index in [1.165, 1.54) is 0 Å². The Labute approximate surface area is 93.1 Å². The van der Waals surface area contributed by atoms with Crippen LogP contribution in [0.3, 0.4) is 0 Å². The highest BCUT2D eigenvalue weighted by Crippen LogP contribution is 2.16. The average molecular weight is 225 g/mol. The highest BCUT2D eigenvalue weighted by Gasteiger charge is 2.23. The number of rotatable bonds is 2. The molecule has 1 aromatic rings. The predicted octanol–water partition coefficient (Wildman–Crippen LogP) is 0.0515. The zero-order valence-electron chi connectivity index (χ0n) is 9.13. The summed E-state index contributed by atoms with van der Waals surface area (Å²) in [6.45, 7) is 1.54. The highest BCUT2D eigenvalue weighted by molar-refractivity contribution is 5.65. The van der Waals surface area contributed by atoms with E-state index in [9.17, 15) is 4.79 Å². The predicted molar refractivity (Wildman–Crippen MR) is 57.4 cm³/mol. The van der Waals surface area contributed by atoms with Crippen molar-refractivity contribution in [1.82, 2.24) is 20.1 Å². The Bertz CT molecular complexity index is 378. The molecule has 1 aliphatic rings. The fraction of sp³-hybridized carbons (Fsp3) is 0.667. The Balaban J connectivity index is 2.02. The summed E-state index contributed by atoms with van der Waals surface area (Å²) < 4.78 is 1.84. The first-order valence-corrected chi connectivity index (χ1v) is 5.25. The van der Waals surface area contributed by atoms with E-state index >= 15 is 0 Å². The van der Waals surface area contributed by atoms with Crippen molar-refractivity contribution < 1.29 is 9.90 Å². The molecule has 16 heavy (non-hydrogen) atoms. The van der Waals surface area contributed by atoms with Gasteiger partial charge in [-0.2, -0.15) is 0 Å². The highest BCUT2D eigenvalue weighted by atomic mass is 16.4. The van der Waals surface area contributed by atoms with E-state index in [4.69, 9.17) is 5.11 Å². The number of aryl methyl sites for hydroxylation is 1. The topological polar surface area (TPSA) is 83.3 Å². The van der Waals surface area contributed by atoms with E-state index in [-0.39, 0.29) is 6.04 Å². The summed E-state index contributed by atoms with van der Waals surface area (Å²) in [6.07, 6.45) is 2.51. The monoisotopic (exact) mass is 225 g/mol. The Hall–Kier alpha value is -1.79. The number of carboxylic acid groups (broad SMARTS) is 1.